The van der Waals surface area contributed by atoms with Crippen molar-refractivity contribution < 1.29 is 4.79 Å². The fourth-order valence-electron chi connectivity index (χ4n) is 2.46. The minimum atomic E-state index is -0.0209. The Kier molecular flexibility index (Phi) is 4.40. The molecule has 0 aromatic carbocycles. The number of hydrogen-bond donors (Lipinski definition) is 1. The maximum Gasteiger partial charge on any atom is 0.253 e. The van der Waals surface area contributed by atoms with Gasteiger partial charge in [-0.3, -0.25) is 9.36 Å². The summed E-state index contributed by atoms with van der Waals surface area (Å²) in [5.41, 5.74) is 2.68. The fourth-order valence-corrected chi connectivity index (χ4v) is 3.92. The number of nitrogens with one attached hydrogen (secondary N) is 1. The van der Waals surface area contributed by atoms with Crippen LogP contribution in [0.5, 0.6) is 0 Å². The third-order valence-corrected chi connectivity index (χ3v) is 5.22. The van der Waals surface area contributed by atoms with Gasteiger partial charge < -0.3 is 5.32 Å². The minimum Gasteiger partial charge on any atom is -0.352 e. The van der Waals surface area contributed by atoms with Gasteiger partial charge in [-0.2, -0.15) is 0 Å². The molecule has 0 aliphatic heterocycles. The Balaban J connectivity index is 1.72. The number of thiophene rings is 1. The molecular formula is C16H17N3OS2. The molecule has 0 saturated heterocycles. The van der Waals surface area contributed by atoms with Gasteiger partial charge in [0.1, 0.15) is 0 Å². The molecule has 4 nitrogen and oxygen atoms in total. The molecule has 6 heteroatoms. The van der Waals surface area contributed by atoms with Gasteiger partial charge in [0.25, 0.3) is 5.91 Å². The first kappa shape index (κ1) is 15.0. The maximum atomic E-state index is 12.4. The van der Waals surface area contributed by atoms with Crippen molar-refractivity contribution in [2.45, 2.75) is 20.3 Å². The van der Waals surface area contributed by atoms with Gasteiger partial charge in [0.15, 0.2) is 5.13 Å². The van der Waals surface area contributed by atoms with Crippen LogP contribution in [0.4, 0.5) is 0 Å². The quantitative estimate of drug-likeness (QED) is 0.777. The predicted octanol–water partition coefficient (Wildman–Crippen LogP) is 3.58. The lowest BCUT2D eigenvalue weighted by molar-refractivity contribution is 0.0953. The molecule has 0 unspecified atom stereocenters. The molecule has 114 valence electrons. The van der Waals surface area contributed by atoms with Crippen molar-refractivity contribution in [3.63, 3.8) is 0 Å². The predicted molar refractivity (Wildman–Crippen MR) is 91.3 cm³/mol. The van der Waals surface area contributed by atoms with E-state index in [1.54, 1.807) is 28.9 Å². The minimum absolute atomic E-state index is 0.0209. The molecule has 0 aliphatic rings. The molecule has 3 heterocycles. The highest BCUT2D eigenvalue weighted by atomic mass is 32.1. The lowest BCUT2D eigenvalue weighted by Crippen LogP contribution is -2.25. The highest BCUT2D eigenvalue weighted by Gasteiger charge is 2.17. The van der Waals surface area contributed by atoms with Crippen molar-refractivity contribution in [1.29, 1.82) is 0 Å². The van der Waals surface area contributed by atoms with Gasteiger partial charge in [0.05, 0.1) is 5.56 Å². The van der Waals surface area contributed by atoms with Crippen LogP contribution in [0.15, 0.2) is 35.2 Å². The van der Waals surface area contributed by atoms with Crippen LogP contribution in [0.3, 0.4) is 0 Å². The van der Waals surface area contributed by atoms with Crippen molar-refractivity contribution >= 4 is 28.6 Å². The normalized spacial score (nSPS) is 10.8. The summed E-state index contributed by atoms with van der Waals surface area (Å²) in [6, 6.07) is 6.05. The summed E-state index contributed by atoms with van der Waals surface area (Å²) in [7, 11) is 0. The lowest BCUT2D eigenvalue weighted by atomic mass is 10.2. The van der Waals surface area contributed by atoms with E-state index < -0.39 is 0 Å². The summed E-state index contributed by atoms with van der Waals surface area (Å²) in [6.45, 7) is 4.61. The number of aromatic nitrogens is 2. The van der Waals surface area contributed by atoms with E-state index in [0.29, 0.717) is 6.54 Å². The van der Waals surface area contributed by atoms with Gasteiger partial charge in [-0.1, -0.05) is 6.07 Å². The van der Waals surface area contributed by atoms with Crippen molar-refractivity contribution in [2.75, 3.05) is 6.54 Å². The van der Waals surface area contributed by atoms with Crippen LogP contribution in [0.1, 0.15) is 26.6 Å². The number of nitrogens with zero attached hydrogens (tertiary/aromatic N) is 2. The number of carbonyl (C=O) groups is 1. The molecule has 0 spiro atoms. The number of hydrogen-bond acceptors (Lipinski definition) is 4. The molecule has 0 saturated carbocycles. The molecule has 0 atom stereocenters. The number of rotatable bonds is 5. The number of amides is 1. The SMILES string of the molecule is Cc1cc(C(=O)NCCc2cccs2)c(C)n1-c1nccs1. The topological polar surface area (TPSA) is 46.9 Å². The van der Waals surface area contributed by atoms with Crippen LogP contribution in [0.25, 0.3) is 5.13 Å². The number of aryl methyl sites for hydroxylation is 1. The molecule has 0 fully saturated rings. The summed E-state index contributed by atoms with van der Waals surface area (Å²) in [5, 5.41) is 7.89. The zero-order valence-electron chi connectivity index (χ0n) is 12.5. The van der Waals surface area contributed by atoms with E-state index in [1.807, 2.05) is 35.9 Å². The standard InChI is InChI=1S/C16H17N3OS2/c1-11-10-14(12(2)19(11)16-18-7-9-22-16)15(20)17-6-5-13-4-3-8-21-13/h3-4,7-10H,5-6H2,1-2H3,(H,17,20). The van der Waals surface area contributed by atoms with Gasteiger partial charge in [-0.05, 0) is 37.8 Å². The van der Waals surface area contributed by atoms with Crippen LogP contribution in [-0.4, -0.2) is 22.0 Å². The van der Waals surface area contributed by atoms with Gasteiger partial charge in [-0.25, -0.2) is 4.98 Å². The number of carbonyl (C=O) groups excluding carboxylic acids is 1. The second-order valence-corrected chi connectivity index (χ2v) is 6.93. The van der Waals surface area contributed by atoms with E-state index >= 15 is 0 Å². The zero-order chi connectivity index (χ0) is 15.5. The van der Waals surface area contributed by atoms with Crippen molar-refractivity contribution in [1.82, 2.24) is 14.9 Å². The zero-order valence-corrected chi connectivity index (χ0v) is 14.1. The van der Waals surface area contributed by atoms with Gasteiger partial charge in [0, 0.05) is 34.4 Å². The summed E-state index contributed by atoms with van der Waals surface area (Å²) in [5.74, 6) is -0.0209. The molecule has 3 aromatic heterocycles. The van der Waals surface area contributed by atoms with Crippen LogP contribution in [0.2, 0.25) is 0 Å². The Bertz CT molecular complexity index is 758. The van der Waals surface area contributed by atoms with E-state index in [2.05, 4.69) is 21.7 Å². The van der Waals surface area contributed by atoms with Crippen LogP contribution in [-0.2, 0) is 6.42 Å². The Morgan fingerprint density at radius 1 is 1.32 bits per heavy atom. The molecule has 1 amide bonds. The molecule has 1 N–H and O–H groups in total. The van der Waals surface area contributed by atoms with E-state index in [4.69, 9.17) is 0 Å². The highest BCUT2D eigenvalue weighted by molar-refractivity contribution is 7.12. The van der Waals surface area contributed by atoms with E-state index in [-0.39, 0.29) is 5.91 Å². The molecule has 3 rings (SSSR count). The van der Waals surface area contributed by atoms with E-state index in [0.717, 1.165) is 28.5 Å². The van der Waals surface area contributed by atoms with Crippen LogP contribution in [0, 0.1) is 13.8 Å². The third kappa shape index (κ3) is 2.98. The Hall–Kier alpha value is -1.92. The molecule has 0 radical (unpaired) electrons. The summed E-state index contributed by atoms with van der Waals surface area (Å²) in [4.78, 5) is 18.0. The summed E-state index contributed by atoms with van der Waals surface area (Å²) in [6.07, 6.45) is 2.65. The van der Waals surface area contributed by atoms with Gasteiger partial charge >= 0.3 is 0 Å². The van der Waals surface area contributed by atoms with E-state index in [9.17, 15) is 4.79 Å². The Morgan fingerprint density at radius 3 is 2.86 bits per heavy atom. The molecular weight excluding hydrogens is 314 g/mol. The maximum absolute atomic E-state index is 12.4. The number of thiazole rings is 1. The van der Waals surface area contributed by atoms with Crippen LogP contribution < -0.4 is 5.32 Å². The summed E-state index contributed by atoms with van der Waals surface area (Å²) < 4.78 is 2.03. The molecule has 22 heavy (non-hydrogen) atoms. The Labute approximate surface area is 137 Å². The first-order valence-electron chi connectivity index (χ1n) is 7.06. The highest BCUT2D eigenvalue weighted by Crippen LogP contribution is 2.22. The molecule has 3 aromatic rings. The largest absolute Gasteiger partial charge is 0.352 e. The van der Waals surface area contributed by atoms with Crippen molar-refractivity contribution in [2.24, 2.45) is 0 Å². The Morgan fingerprint density at radius 2 is 2.18 bits per heavy atom. The molecule has 0 bridgehead atoms. The fraction of sp³-hybridized carbons (Fsp3) is 0.250. The average Bonchev–Trinajstić information content (AvgIpc) is 3.21. The smallest absolute Gasteiger partial charge is 0.253 e. The van der Waals surface area contributed by atoms with Gasteiger partial charge in [0.2, 0.25) is 0 Å². The third-order valence-electron chi connectivity index (χ3n) is 3.52. The van der Waals surface area contributed by atoms with Crippen molar-refractivity contribution in [3.05, 3.63) is 57.0 Å². The van der Waals surface area contributed by atoms with Crippen molar-refractivity contribution in [3.8, 4) is 5.13 Å². The first-order valence-corrected chi connectivity index (χ1v) is 8.82. The average molecular weight is 331 g/mol. The molecule has 0 aliphatic carbocycles. The second kappa shape index (κ2) is 6.46. The summed E-state index contributed by atoms with van der Waals surface area (Å²) >= 11 is 3.28. The second-order valence-electron chi connectivity index (χ2n) is 5.02. The first-order chi connectivity index (χ1) is 10.7. The van der Waals surface area contributed by atoms with E-state index in [1.165, 1.54) is 4.88 Å². The van der Waals surface area contributed by atoms with Crippen LogP contribution >= 0.6 is 22.7 Å². The lowest BCUT2D eigenvalue weighted by Gasteiger charge is -2.06. The van der Waals surface area contributed by atoms with Gasteiger partial charge in [-0.15, -0.1) is 22.7 Å². The monoisotopic (exact) mass is 331 g/mol.